The SMILES string of the molecule is C=CCNC([O])CCCC. The summed E-state index contributed by atoms with van der Waals surface area (Å²) < 4.78 is 0. The summed E-state index contributed by atoms with van der Waals surface area (Å²) >= 11 is 0. The van der Waals surface area contributed by atoms with E-state index >= 15 is 0 Å². The Morgan fingerprint density at radius 1 is 1.70 bits per heavy atom. The predicted octanol–water partition coefficient (Wildman–Crippen LogP) is 1.71. The topological polar surface area (TPSA) is 31.9 Å². The standard InChI is InChI=1S/C8H16NO/c1-3-5-6-8(10)9-7-4-2/h4,8-9H,2-3,5-7H2,1H3. The van der Waals surface area contributed by atoms with Crippen LogP contribution in [0.2, 0.25) is 0 Å². The molecule has 0 heterocycles. The van der Waals surface area contributed by atoms with Crippen molar-refractivity contribution in [1.82, 2.24) is 5.32 Å². The fourth-order valence-electron chi connectivity index (χ4n) is 0.706. The van der Waals surface area contributed by atoms with E-state index in [-0.39, 0.29) is 0 Å². The van der Waals surface area contributed by atoms with Crippen molar-refractivity contribution in [2.75, 3.05) is 6.54 Å². The van der Waals surface area contributed by atoms with E-state index in [9.17, 15) is 5.11 Å². The van der Waals surface area contributed by atoms with Gasteiger partial charge in [0.15, 0.2) is 0 Å². The van der Waals surface area contributed by atoms with Crippen LogP contribution in [0.15, 0.2) is 12.7 Å². The van der Waals surface area contributed by atoms with Gasteiger partial charge in [-0.1, -0.05) is 19.4 Å². The second-order valence-electron chi connectivity index (χ2n) is 2.33. The Morgan fingerprint density at radius 2 is 2.40 bits per heavy atom. The van der Waals surface area contributed by atoms with Crippen LogP contribution < -0.4 is 5.32 Å². The maximum atomic E-state index is 10.9. The molecule has 0 aliphatic carbocycles. The Hall–Kier alpha value is -0.340. The van der Waals surface area contributed by atoms with E-state index in [1.807, 2.05) is 0 Å². The van der Waals surface area contributed by atoms with Crippen LogP contribution in [-0.2, 0) is 5.11 Å². The third-order valence-electron chi connectivity index (χ3n) is 1.31. The summed E-state index contributed by atoms with van der Waals surface area (Å²) in [7, 11) is 0. The van der Waals surface area contributed by atoms with Crippen LogP contribution in [0.4, 0.5) is 0 Å². The van der Waals surface area contributed by atoms with Crippen LogP contribution in [0, 0.1) is 0 Å². The molecule has 2 nitrogen and oxygen atoms in total. The van der Waals surface area contributed by atoms with Gasteiger partial charge in [0.2, 0.25) is 0 Å². The molecule has 0 fully saturated rings. The molecule has 10 heavy (non-hydrogen) atoms. The highest BCUT2D eigenvalue weighted by molar-refractivity contribution is 4.70. The average molecular weight is 142 g/mol. The Morgan fingerprint density at radius 3 is 2.90 bits per heavy atom. The molecule has 0 rings (SSSR count). The lowest BCUT2D eigenvalue weighted by molar-refractivity contribution is 0.0531. The molecule has 0 amide bonds. The van der Waals surface area contributed by atoms with Gasteiger partial charge in [0.05, 0.1) is 0 Å². The number of hydrogen-bond donors (Lipinski definition) is 1. The van der Waals surface area contributed by atoms with E-state index < -0.39 is 6.23 Å². The highest BCUT2D eigenvalue weighted by Gasteiger charge is 2.00. The zero-order chi connectivity index (χ0) is 7.82. The predicted molar refractivity (Wildman–Crippen MR) is 42.2 cm³/mol. The molecule has 0 aliphatic rings. The Balaban J connectivity index is 3.07. The van der Waals surface area contributed by atoms with E-state index in [1.165, 1.54) is 0 Å². The molecule has 0 aromatic rings. The fraction of sp³-hybridized carbons (Fsp3) is 0.750. The van der Waals surface area contributed by atoms with Crippen molar-refractivity contribution in [3.63, 3.8) is 0 Å². The molecule has 0 aliphatic heterocycles. The minimum absolute atomic E-state index is 0.599. The van der Waals surface area contributed by atoms with Crippen molar-refractivity contribution in [3.8, 4) is 0 Å². The van der Waals surface area contributed by atoms with E-state index in [4.69, 9.17) is 0 Å². The first-order chi connectivity index (χ1) is 4.81. The smallest absolute Gasteiger partial charge is 0.144 e. The first-order valence-electron chi connectivity index (χ1n) is 3.81. The number of rotatable bonds is 6. The molecular weight excluding hydrogens is 126 g/mol. The summed E-state index contributed by atoms with van der Waals surface area (Å²) in [5.74, 6) is 0. The van der Waals surface area contributed by atoms with Crippen LogP contribution in [0.25, 0.3) is 0 Å². The lowest BCUT2D eigenvalue weighted by atomic mass is 10.2. The minimum atomic E-state index is -0.599. The van der Waals surface area contributed by atoms with Crippen molar-refractivity contribution >= 4 is 0 Å². The second kappa shape index (κ2) is 6.78. The van der Waals surface area contributed by atoms with E-state index in [0.29, 0.717) is 6.54 Å². The third kappa shape index (κ3) is 5.79. The first-order valence-corrected chi connectivity index (χ1v) is 3.81. The van der Waals surface area contributed by atoms with Crippen LogP contribution in [0.1, 0.15) is 26.2 Å². The van der Waals surface area contributed by atoms with Crippen LogP contribution >= 0.6 is 0 Å². The second-order valence-corrected chi connectivity index (χ2v) is 2.33. The van der Waals surface area contributed by atoms with E-state index in [2.05, 4.69) is 18.8 Å². The summed E-state index contributed by atoms with van der Waals surface area (Å²) in [4.78, 5) is 0. The lowest BCUT2D eigenvalue weighted by Gasteiger charge is -2.06. The van der Waals surface area contributed by atoms with Gasteiger partial charge in [0, 0.05) is 6.54 Å². The van der Waals surface area contributed by atoms with Gasteiger partial charge in [0.25, 0.3) is 0 Å². The average Bonchev–Trinajstić information content (AvgIpc) is 1.97. The van der Waals surface area contributed by atoms with E-state index in [0.717, 1.165) is 19.3 Å². The highest BCUT2D eigenvalue weighted by Crippen LogP contribution is 1.97. The molecule has 1 atom stereocenters. The van der Waals surface area contributed by atoms with Crippen molar-refractivity contribution in [2.45, 2.75) is 32.4 Å². The molecule has 0 bridgehead atoms. The van der Waals surface area contributed by atoms with Gasteiger partial charge < -0.3 is 0 Å². The van der Waals surface area contributed by atoms with Crippen molar-refractivity contribution < 1.29 is 5.11 Å². The molecule has 2 heteroatoms. The van der Waals surface area contributed by atoms with Gasteiger partial charge in [0.1, 0.15) is 6.23 Å². The summed E-state index contributed by atoms with van der Waals surface area (Å²) in [6.45, 7) is 6.22. The normalized spacial score (nSPS) is 13.0. The zero-order valence-corrected chi connectivity index (χ0v) is 6.60. The van der Waals surface area contributed by atoms with Gasteiger partial charge in [-0.15, -0.1) is 6.58 Å². The van der Waals surface area contributed by atoms with Crippen LogP contribution in [-0.4, -0.2) is 12.8 Å². The molecule has 0 aromatic carbocycles. The van der Waals surface area contributed by atoms with Crippen molar-refractivity contribution in [1.29, 1.82) is 0 Å². The Kier molecular flexibility index (Phi) is 6.55. The first kappa shape index (κ1) is 9.66. The van der Waals surface area contributed by atoms with E-state index in [1.54, 1.807) is 6.08 Å². The Labute approximate surface area is 62.9 Å². The molecule has 1 radical (unpaired) electrons. The number of hydrogen-bond acceptors (Lipinski definition) is 1. The number of unbranched alkanes of at least 4 members (excludes halogenated alkanes) is 1. The number of nitrogens with one attached hydrogen (secondary N) is 1. The maximum absolute atomic E-state index is 10.9. The maximum Gasteiger partial charge on any atom is 0.144 e. The molecule has 1 N–H and O–H groups in total. The van der Waals surface area contributed by atoms with Crippen molar-refractivity contribution in [2.24, 2.45) is 0 Å². The van der Waals surface area contributed by atoms with Gasteiger partial charge in [-0.3, -0.25) is 5.32 Å². The minimum Gasteiger partial charge on any atom is -0.286 e. The molecule has 0 spiro atoms. The summed E-state index contributed by atoms with van der Waals surface area (Å²) in [6.07, 6.45) is 3.94. The van der Waals surface area contributed by atoms with Gasteiger partial charge in [-0.05, 0) is 12.8 Å². The van der Waals surface area contributed by atoms with Crippen LogP contribution in [0.5, 0.6) is 0 Å². The fourth-order valence-corrected chi connectivity index (χ4v) is 0.706. The molecule has 0 aromatic heterocycles. The van der Waals surface area contributed by atoms with Gasteiger partial charge >= 0.3 is 0 Å². The summed E-state index contributed by atoms with van der Waals surface area (Å²) in [5, 5.41) is 13.7. The molecular formula is C8H16NO. The lowest BCUT2D eigenvalue weighted by Crippen LogP contribution is -2.27. The summed E-state index contributed by atoms with van der Waals surface area (Å²) in [5.41, 5.74) is 0. The van der Waals surface area contributed by atoms with Gasteiger partial charge in [-0.25, -0.2) is 5.11 Å². The zero-order valence-electron chi connectivity index (χ0n) is 6.60. The van der Waals surface area contributed by atoms with Crippen molar-refractivity contribution in [3.05, 3.63) is 12.7 Å². The van der Waals surface area contributed by atoms with Gasteiger partial charge in [-0.2, -0.15) is 0 Å². The molecule has 1 unspecified atom stereocenters. The molecule has 0 saturated carbocycles. The van der Waals surface area contributed by atoms with Crippen LogP contribution in [0.3, 0.4) is 0 Å². The largest absolute Gasteiger partial charge is 0.286 e. The quantitative estimate of drug-likeness (QED) is 0.444. The third-order valence-corrected chi connectivity index (χ3v) is 1.31. The summed E-state index contributed by atoms with van der Waals surface area (Å²) in [6, 6.07) is 0. The monoisotopic (exact) mass is 142 g/mol. The molecule has 0 saturated heterocycles. The molecule has 59 valence electrons. The Bertz CT molecular complexity index is 83.3. The highest BCUT2D eigenvalue weighted by atomic mass is 16.3.